The van der Waals surface area contributed by atoms with E-state index in [0.29, 0.717) is 35.0 Å². The molecule has 2 aliphatic heterocycles. The monoisotopic (exact) mass is 379 g/mol. The van der Waals surface area contributed by atoms with Gasteiger partial charge in [0.15, 0.2) is 11.5 Å². The van der Waals surface area contributed by atoms with E-state index in [9.17, 15) is 9.59 Å². The van der Waals surface area contributed by atoms with E-state index in [1.807, 2.05) is 36.4 Å². The summed E-state index contributed by atoms with van der Waals surface area (Å²) in [5.74, 6) is 0.995. The molecule has 0 bridgehead atoms. The lowest BCUT2D eigenvalue weighted by molar-refractivity contribution is -0.114. The number of carbonyl (C=O) groups excluding carboxylic acids is 2. The highest BCUT2D eigenvalue weighted by Gasteiger charge is 2.43. The molecule has 4 rings (SSSR count). The smallest absolute Gasteiger partial charge is 0.322 e. The molecule has 0 radical (unpaired) electrons. The van der Waals surface area contributed by atoms with Crippen LogP contribution in [-0.4, -0.2) is 44.7 Å². The average molecular weight is 379 g/mol. The number of amides is 3. The van der Waals surface area contributed by atoms with Gasteiger partial charge in [0.05, 0.1) is 38.1 Å². The van der Waals surface area contributed by atoms with Gasteiger partial charge in [0.25, 0.3) is 5.91 Å². The van der Waals surface area contributed by atoms with Crippen LogP contribution in [0.2, 0.25) is 0 Å². The van der Waals surface area contributed by atoms with E-state index in [1.165, 1.54) is 4.90 Å². The number of ether oxygens (including phenoxy) is 2. The molecule has 0 aromatic heterocycles. The van der Waals surface area contributed by atoms with Crippen molar-refractivity contribution in [2.24, 2.45) is 0 Å². The molecule has 2 heterocycles. The number of likely N-dealkylation sites (N-methyl/N-ethyl adjacent to an activating group) is 1. The van der Waals surface area contributed by atoms with Crippen molar-refractivity contribution >= 4 is 17.6 Å². The highest BCUT2D eigenvalue weighted by molar-refractivity contribution is 6.11. The molecule has 0 aliphatic carbocycles. The molecule has 0 spiro atoms. The van der Waals surface area contributed by atoms with Crippen LogP contribution in [0, 0.1) is 0 Å². The first-order chi connectivity index (χ1) is 13.5. The molecule has 144 valence electrons. The van der Waals surface area contributed by atoms with E-state index in [0.717, 1.165) is 5.56 Å². The van der Waals surface area contributed by atoms with Crippen molar-refractivity contribution in [1.29, 1.82) is 0 Å². The molecule has 3 amide bonds. The van der Waals surface area contributed by atoms with Crippen LogP contribution in [0.4, 0.5) is 10.5 Å². The minimum absolute atomic E-state index is 0.136. The standard InChI is InChI=1S/C21H21N3O4/c1-23-15-12-24(14-9-10-16(27-2)17(11-14)28-3)20(25)18(15)19(22-21(23)26)13-7-5-4-6-8-13/h4-11,19H,12H2,1-3H3,(H,22,26). The molecule has 2 aromatic carbocycles. The lowest BCUT2D eigenvalue weighted by Crippen LogP contribution is -2.45. The number of methoxy groups -OCH3 is 2. The van der Waals surface area contributed by atoms with Crippen LogP contribution in [-0.2, 0) is 4.79 Å². The quantitative estimate of drug-likeness (QED) is 0.887. The van der Waals surface area contributed by atoms with Gasteiger partial charge in [-0.25, -0.2) is 4.79 Å². The van der Waals surface area contributed by atoms with Crippen molar-refractivity contribution < 1.29 is 19.1 Å². The first-order valence-electron chi connectivity index (χ1n) is 8.91. The van der Waals surface area contributed by atoms with Crippen molar-refractivity contribution in [1.82, 2.24) is 10.2 Å². The highest BCUT2D eigenvalue weighted by atomic mass is 16.5. The number of anilines is 1. The van der Waals surface area contributed by atoms with Crippen molar-refractivity contribution in [2.75, 3.05) is 32.7 Å². The van der Waals surface area contributed by atoms with Gasteiger partial charge in [0.1, 0.15) is 0 Å². The third kappa shape index (κ3) is 2.76. The second-order valence-corrected chi connectivity index (χ2v) is 6.64. The van der Waals surface area contributed by atoms with Gasteiger partial charge in [-0.1, -0.05) is 30.3 Å². The third-order valence-electron chi connectivity index (χ3n) is 5.17. The van der Waals surface area contributed by atoms with Gasteiger partial charge in [-0.3, -0.25) is 9.69 Å². The summed E-state index contributed by atoms with van der Waals surface area (Å²) in [6.07, 6.45) is 0. The van der Waals surface area contributed by atoms with Gasteiger partial charge in [-0.2, -0.15) is 0 Å². The summed E-state index contributed by atoms with van der Waals surface area (Å²) >= 11 is 0. The Hall–Kier alpha value is -3.48. The number of carbonyl (C=O) groups is 2. The normalized spacial score (nSPS) is 18.9. The lowest BCUT2D eigenvalue weighted by Gasteiger charge is -2.31. The molecule has 1 N–H and O–H groups in total. The molecule has 2 aliphatic rings. The van der Waals surface area contributed by atoms with Crippen LogP contribution in [0.3, 0.4) is 0 Å². The fraction of sp³-hybridized carbons (Fsp3) is 0.238. The molecule has 28 heavy (non-hydrogen) atoms. The number of benzene rings is 2. The maximum Gasteiger partial charge on any atom is 0.322 e. The fourth-order valence-electron chi connectivity index (χ4n) is 3.66. The van der Waals surface area contributed by atoms with Gasteiger partial charge < -0.3 is 19.7 Å². The van der Waals surface area contributed by atoms with Crippen molar-refractivity contribution in [3.63, 3.8) is 0 Å². The van der Waals surface area contributed by atoms with E-state index in [4.69, 9.17) is 9.47 Å². The Balaban J connectivity index is 1.74. The van der Waals surface area contributed by atoms with Gasteiger partial charge in [-0.15, -0.1) is 0 Å². The SMILES string of the molecule is COc1ccc(N2CC3=C(C2=O)C(c2ccccc2)NC(=O)N3C)cc1OC. The van der Waals surface area contributed by atoms with E-state index in [1.54, 1.807) is 38.3 Å². The second kappa shape index (κ2) is 6.92. The zero-order chi connectivity index (χ0) is 19.8. The fourth-order valence-corrected chi connectivity index (χ4v) is 3.66. The predicted molar refractivity (Wildman–Crippen MR) is 104 cm³/mol. The number of hydrogen-bond acceptors (Lipinski definition) is 4. The summed E-state index contributed by atoms with van der Waals surface area (Å²) in [6.45, 7) is 0.316. The van der Waals surface area contributed by atoms with E-state index in [-0.39, 0.29) is 11.9 Å². The molecule has 1 atom stereocenters. The molecule has 7 nitrogen and oxygen atoms in total. The lowest BCUT2D eigenvalue weighted by atomic mass is 9.96. The Bertz CT molecular complexity index is 971. The summed E-state index contributed by atoms with van der Waals surface area (Å²) in [7, 11) is 4.80. The maximum absolute atomic E-state index is 13.3. The maximum atomic E-state index is 13.3. The zero-order valence-electron chi connectivity index (χ0n) is 15.9. The summed E-state index contributed by atoms with van der Waals surface area (Å²) in [6, 6.07) is 14.2. The molecular weight excluding hydrogens is 358 g/mol. The number of rotatable bonds is 4. The summed E-state index contributed by atoms with van der Waals surface area (Å²) in [5, 5.41) is 2.93. The van der Waals surface area contributed by atoms with Gasteiger partial charge in [-0.05, 0) is 17.7 Å². The van der Waals surface area contributed by atoms with E-state index in [2.05, 4.69) is 5.32 Å². The predicted octanol–water partition coefficient (Wildman–Crippen LogP) is 2.70. The number of nitrogens with one attached hydrogen (secondary N) is 1. The molecule has 2 aromatic rings. The Morgan fingerprint density at radius 1 is 1.00 bits per heavy atom. The average Bonchev–Trinajstić information content (AvgIpc) is 3.08. The minimum atomic E-state index is -0.474. The van der Waals surface area contributed by atoms with E-state index >= 15 is 0 Å². The first kappa shape index (κ1) is 17.9. The first-order valence-corrected chi connectivity index (χ1v) is 8.91. The molecule has 0 saturated carbocycles. The zero-order valence-corrected chi connectivity index (χ0v) is 15.9. The molecule has 1 unspecified atom stereocenters. The van der Waals surface area contributed by atoms with Crippen LogP contribution >= 0.6 is 0 Å². The molecule has 0 saturated heterocycles. The molecule has 0 fully saturated rings. The van der Waals surface area contributed by atoms with Crippen LogP contribution < -0.4 is 19.7 Å². The Kier molecular flexibility index (Phi) is 4.43. The summed E-state index contributed by atoms with van der Waals surface area (Å²) in [4.78, 5) is 29.0. The highest BCUT2D eigenvalue weighted by Crippen LogP contribution is 2.39. The summed E-state index contributed by atoms with van der Waals surface area (Å²) in [5.41, 5.74) is 2.85. The largest absolute Gasteiger partial charge is 0.493 e. The Labute approximate surface area is 163 Å². The van der Waals surface area contributed by atoms with Crippen molar-refractivity contribution in [3.05, 3.63) is 65.4 Å². The third-order valence-corrected chi connectivity index (χ3v) is 5.17. The number of hydrogen-bond donors (Lipinski definition) is 1. The van der Waals surface area contributed by atoms with Crippen LogP contribution in [0.1, 0.15) is 11.6 Å². The molecule has 7 heteroatoms. The van der Waals surface area contributed by atoms with Gasteiger partial charge >= 0.3 is 6.03 Å². The van der Waals surface area contributed by atoms with Crippen LogP contribution in [0.25, 0.3) is 0 Å². The summed E-state index contributed by atoms with van der Waals surface area (Å²) < 4.78 is 10.6. The van der Waals surface area contributed by atoms with Gasteiger partial charge in [0.2, 0.25) is 0 Å². The Morgan fingerprint density at radius 2 is 1.71 bits per heavy atom. The van der Waals surface area contributed by atoms with Gasteiger partial charge in [0, 0.05) is 18.8 Å². The van der Waals surface area contributed by atoms with Crippen LogP contribution in [0.15, 0.2) is 59.8 Å². The topological polar surface area (TPSA) is 71.1 Å². The van der Waals surface area contributed by atoms with Crippen LogP contribution in [0.5, 0.6) is 11.5 Å². The van der Waals surface area contributed by atoms with Crippen molar-refractivity contribution in [3.8, 4) is 11.5 Å². The van der Waals surface area contributed by atoms with Crippen molar-refractivity contribution in [2.45, 2.75) is 6.04 Å². The van der Waals surface area contributed by atoms with E-state index < -0.39 is 6.04 Å². The molecular formula is C21H21N3O4. The minimum Gasteiger partial charge on any atom is -0.493 e. The Morgan fingerprint density at radius 3 is 2.39 bits per heavy atom. The second-order valence-electron chi connectivity index (χ2n) is 6.64. The number of nitrogens with zero attached hydrogens (tertiary/aromatic N) is 2. The number of urea groups is 1.